The van der Waals surface area contributed by atoms with Gasteiger partial charge in [0.1, 0.15) is 6.61 Å². The fourth-order valence-electron chi connectivity index (χ4n) is 1.80. The van der Waals surface area contributed by atoms with Gasteiger partial charge >= 0.3 is 0 Å². The zero-order valence-corrected chi connectivity index (χ0v) is 11.7. The molecule has 3 nitrogen and oxygen atoms in total. The summed E-state index contributed by atoms with van der Waals surface area (Å²) in [5.41, 5.74) is 1.97. The van der Waals surface area contributed by atoms with Gasteiger partial charge in [-0.3, -0.25) is 0 Å². The Hall–Kier alpha value is -2.00. The number of ether oxygens (including phenoxy) is 2. The highest BCUT2D eigenvalue weighted by atomic mass is 16.5. The molecule has 0 unspecified atom stereocenters. The van der Waals surface area contributed by atoms with Crippen molar-refractivity contribution in [3.8, 4) is 11.5 Å². The number of rotatable bonds is 7. The van der Waals surface area contributed by atoms with Crippen molar-refractivity contribution in [2.24, 2.45) is 0 Å². The largest absolute Gasteiger partial charge is 0.490 e. The minimum atomic E-state index is 0.0643. The van der Waals surface area contributed by atoms with Crippen LogP contribution in [0, 0.1) is 0 Å². The molecule has 0 aliphatic carbocycles. The summed E-state index contributed by atoms with van der Waals surface area (Å²) in [4.78, 5) is 0. The van der Waals surface area contributed by atoms with Crippen LogP contribution in [-0.4, -0.2) is 11.7 Å². The number of aliphatic hydroxyl groups excluding tert-OH is 1. The molecule has 0 radical (unpaired) electrons. The van der Waals surface area contributed by atoms with Crippen LogP contribution >= 0.6 is 0 Å². The number of hydrogen-bond donors (Lipinski definition) is 1. The van der Waals surface area contributed by atoms with E-state index in [1.165, 1.54) is 0 Å². The Kier molecular flexibility index (Phi) is 5.44. The molecule has 1 N–H and O–H groups in total. The fraction of sp³-hybridized carbons (Fsp3) is 0.294. The maximum absolute atomic E-state index is 9.01. The van der Waals surface area contributed by atoms with E-state index in [-0.39, 0.29) is 6.61 Å². The first-order chi connectivity index (χ1) is 9.83. The molecule has 0 saturated heterocycles. The van der Waals surface area contributed by atoms with Gasteiger partial charge in [0.15, 0.2) is 11.5 Å². The molecule has 0 bridgehead atoms. The first-order valence-electron chi connectivity index (χ1n) is 6.86. The van der Waals surface area contributed by atoms with Crippen molar-refractivity contribution in [2.75, 3.05) is 6.61 Å². The average Bonchev–Trinajstić information content (AvgIpc) is 2.52. The second-order valence-electron chi connectivity index (χ2n) is 4.56. The highest BCUT2D eigenvalue weighted by Gasteiger charge is 2.04. The van der Waals surface area contributed by atoms with Gasteiger partial charge in [0.25, 0.3) is 0 Å². The van der Waals surface area contributed by atoms with Crippen molar-refractivity contribution in [1.29, 1.82) is 0 Å². The zero-order valence-electron chi connectivity index (χ0n) is 11.7. The van der Waals surface area contributed by atoms with Crippen molar-refractivity contribution in [2.45, 2.75) is 26.6 Å². The van der Waals surface area contributed by atoms with E-state index in [2.05, 4.69) is 6.92 Å². The Morgan fingerprint density at radius 2 is 1.45 bits per heavy atom. The molecule has 0 spiro atoms. The summed E-state index contributed by atoms with van der Waals surface area (Å²) in [6.07, 6.45) is 0.969. The summed E-state index contributed by atoms with van der Waals surface area (Å²) in [6.45, 7) is 3.31. The third kappa shape index (κ3) is 4.00. The monoisotopic (exact) mass is 272 g/mol. The first-order valence-corrected chi connectivity index (χ1v) is 6.86. The normalized spacial score (nSPS) is 10.3. The third-order valence-electron chi connectivity index (χ3n) is 2.91. The van der Waals surface area contributed by atoms with Crippen LogP contribution in [0.25, 0.3) is 0 Å². The predicted molar refractivity (Wildman–Crippen MR) is 78.9 cm³/mol. The molecule has 0 amide bonds. The molecule has 0 aliphatic heterocycles. The second kappa shape index (κ2) is 7.56. The van der Waals surface area contributed by atoms with Crippen molar-refractivity contribution in [1.82, 2.24) is 0 Å². The molecule has 2 aromatic carbocycles. The Balaban J connectivity index is 1.98. The Morgan fingerprint density at radius 1 is 0.850 bits per heavy atom. The van der Waals surface area contributed by atoms with Crippen LogP contribution in [0.3, 0.4) is 0 Å². The Bertz CT molecular complexity index is 520. The molecular formula is C17H20O3. The predicted octanol–water partition coefficient (Wildman–Crippen LogP) is 3.55. The van der Waals surface area contributed by atoms with Crippen molar-refractivity contribution >= 4 is 0 Å². The van der Waals surface area contributed by atoms with Gasteiger partial charge in [0.05, 0.1) is 13.2 Å². The van der Waals surface area contributed by atoms with Gasteiger partial charge in [-0.1, -0.05) is 43.3 Å². The SMILES string of the molecule is CCCOc1ccccc1OCc1ccc(CO)cc1. The highest BCUT2D eigenvalue weighted by molar-refractivity contribution is 5.39. The van der Waals surface area contributed by atoms with E-state index in [9.17, 15) is 0 Å². The van der Waals surface area contributed by atoms with E-state index in [4.69, 9.17) is 14.6 Å². The smallest absolute Gasteiger partial charge is 0.161 e. The molecule has 0 aromatic heterocycles. The Labute approximate surface area is 119 Å². The maximum Gasteiger partial charge on any atom is 0.161 e. The standard InChI is InChI=1S/C17H20O3/c1-2-11-19-16-5-3-4-6-17(16)20-13-15-9-7-14(12-18)8-10-15/h3-10,18H,2,11-13H2,1H3. The lowest BCUT2D eigenvalue weighted by molar-refractivity contribution is 0.261. The minimum absolute atomic E-state index is 0.0643. The van der Waals surface area contributed by atoms with Crippen molar-refractivity contribution in [3.63, 3.8) is 0 Å². The molecule has 20 heavy (non-hydrogen) atoms. The lowest BCUT2D eigenvalue weighted by atomic mass is 10.1. The number of hydrogen-bond acceptors (Lipinski definition) is 3. The molecule has 0 saturated carbocycles. The van der Waals surface area contributed by atoms with Gasteiger partial charge in [-0.15, -0.1) is 0 Å². The zero-order chi connectivity index (χ0) is 14.2. The van der Waals surface area contributed by atoms with Crippen LogP contribution in [0.4, 0.5) is 0 Å². The summed E-state index contributed by atoms with van der Waals surface area (Å²) >= 11 is 0. The first kappa shape index (κ1) is 14.4. The molecule has 0 fully saturated rings. The van der Waals surface area contributed by atoms with Crippen LogP contribution in [0.5, 0.6) is 11.5 Å². The van der Waals surface area contributed by atoms with Gasteiger partial charge in [0, 0.05) is 0 Å². The van der Waals surface area contributed by atoms with Gasteiger partial charge in [-0.05, 0) is 29.7 Å². The summed E-state index contributed by atoms with van der Waals surface area (Å²) in [5, 5.41) is 9.01. The number of benzene rings is 2. The number of para-hydroxylation sites is 2. The van der Waals surface area contributed by atoms with Crippen molar-refractivity contribution in [3.05, 3.63) is 59.7 Å². The van der Waals surface area contributed by atoms with Gasteiger partial charge in [-0.2, -0.15) is 0 Å². The van der Waals surface area contributed by atoms with Crippen molar-refractivity contribution < 1.29 is 14.6 Å². The van der Waals surface area contributed by atoms with E-state index in [0.29, 0.717) is 13.2 Å². The summed E-state index contributed by atoms with van der Waals surface area (Å²) in [5.74, 6) is 1.54. The Morgan fingerprint density at radius 3 is 2.05 bits per heavy atom. The van der Waals surface area contributed by atoms with Crippen LogP contribution in [0.1, 0.15) is 24.5 Å². The van der Waals surface area contributed by atoms with Gasteiger partial charge in [-0.25, -0.2) is 0 Å². The maximum atomic E-state index is 9.01. The molecule has 106 valence electrons. The topological polar surface area (TPSA) is 38.7 Å². The van der Waals surface area contributed by atoms with E-state index >= 15 is 0 Å². The molecule has 0 heterocycles. The lowest BCUT2D eigenvalue weighted by Gasteiger charge is -2.12. The lowest BCUT2D eigenvalue weighted by Crippen LogP contribution is -2.00. The quantitative estimate of drug-likeness (QED) is 0.837. The molecule has 2 aromatic rings. The van der Waals surface area contributed by atoms with Gasteiger partial charge in [0.2, 0.25) is 0 Å². The van der Waals surface area contributed by atoms with Crippen LogP contribution in [0.2, 0.25) is 0 Å². The molecule has 3 heteroatoms. The van der Waals surface area contributed by atoms with Crippen LogP contribution in [0.15, 0.2) is 48.5 Å². The van der Waals surface area contributed by atoms with E-state index < -0.39 is 0 Å². The third-order valence-corrected chi connectivity index (χ3v) is 2.91. The van der Waals surface area contributed by atoms with E-state index in [1.54, 1.807) is 0 Å². The van der Waals surface area contributed by atoms with Crippen LogP contribution < -0.4 is 9.47 Å². The number of aliphatic hydroxyl groups is 1. The summed E-state index contributed by atoms with van der Waals surface area (Å²) in [6, 6.07) is 15.4. The molecular weight excluding hydrogens is 252 g/mol. The van der Waals surface area contributed by atoms with E-state index in [0.717, 1.165) is 29.0 Å². The van der Waals surface area contributed by atoms with E-state index in [1.807, 2.05) is 48.5 Å². The average molecular weight is 272 g/mol. The second-order valence-corrected chi connectivity index (χ2v) is 4.56. The molecule has 0 aliphatic rings. The highest BCUT2D eigenvalue weighted by Crippen LogP contribution is 2.27. The fourth-order valence-corrected chi connectivity index (χ4v) is 1.80. The minimum Gasteiger partial charge on any atom is -0.490 e. The van der Waals surface area contributed by atoms with Gasteiger partial charge < -0.3 is 14.6 Å². The molecule has 2 rings (SSSR count). The summed E-state index contributed by atoms with van der Waals surface area (Å²) < 4.78 is 11.5. The molecule has 0 atom stereocenters. The summed E-state index contributed by atoms with van der Waals surface area (Å²) in [7, 11) is 0. The van der Waals surface area contributed by atoms with Crippen LogP contribution in [-0.2, 0) is 13.2 Å².